The van der Waals surface area contributed by atoms with Gasteiger partial charge in [0.15, 0.2) is 5.76 Å². The lowest BCUT2D eigenvalue weighted by Crippen LogP contribution is -2.01. The predicted molar refractivity (Wildman–Crippen MR) is 91.1 cm³/mol. The molecule has 0 unspecified atom stereocenters. The molecule has 0 amide bonds. The Labute approximate surface area is 138 Å². The Hall–Kier alpha value is -1.14. The highest BCUT2D eigenvalue weighted by Crippen LogP contribution is 2.27. The van der Waals surface area contributed by atoms with Crippen molar-refractivity contribution in [3.63, 3.8) is 0 Å². The van der Waals surface area contributed by atoms with Gasteiger partial charge in [-0.15, -0.1) is 0 Å². The lowest BCUT2D eigenvalue weighted by molar-refractivity contribution is 0.0968. The molecule has 0 bridgehead atoms. The minimum Gasteiger partial charge on any atom is -0.452 e. The number of furan rings is 1. The summed E-state index contributed by atoms with van der Waals surface area (Å²) in [4.78, 5) is 12.3. The molecule has 0 fully saturated rings. The van der Waals surface area contributed by atoms with Crippen LogP contribution in [0.1, 0.15) is 16.1 Å². The van der Waals surface area contributed by atoms with E-state index >= 15 is 0 Å². The quantitative estimate of drug-likeness (QED) is 0.412. The third-order valence-electron chi connectivity index (χ3n) is 3.05. The highest BCUT2D eigenvalue weighted by Gasteiger charge is 2.14. The van der Waals surface area contributed by atoms with Crippen molar-refractivity contribution in [2.45, 2.75) is 6.42 Å². The van der Waals surface area contributed by atoms with Crippen molar-refractivity contribution < 1.29 is 9.21 Å². The van der Waals surface area contributed by atoms with Gasteiger partial charge in [0.05, 0.1) is 4.47 Å². The van der Waals surface area contributed by atoms with Gasteiger partial charge in [-0.1, -0.05) is 24.3 Å². The standard InChI is InChI=1S/C16H10BrIO2/c17-13-3-1-2-11-9-15(20-16(11)13)14(19)8-10-4-6-12(18)7-5-10/h1-7,9H,8H2. The van der Waals surface area contributed by atoms with Crippen molar-refractivity contribution in [1.82, 2.24) is 0 Å². The van der Waals surface area contributed by atoms with Gasteiger partial charge in [0.1, 0.15) is 5.58 Å². The van der Waals surface area contributed by atoms with Crippen molar-refractivity contribution in [3.8, 4) is 0 Å². The molecule has 0 spiro atoms. The number of ketones is 1. The van der Waals surface area contributed by atoms with Crippen molar-refractivity contribution in [1.29, 1.82) is 0 Å². The number of fused-ring (bicyclic) bond motifs is 1. The first-order valence-corrected chi connectivity index (χ1v) is 7.96. The zero-order valence-electron chi connectivity index (χ0n) is 10.4. The van der Waals surface area contributed by atoms with E-state index in [0.717, 1.165) is 24.6 Å². The summed E-state index contributed by atoms with van der Waals surface area (Å²) in [6.07, 6.45) is 0.356. The van der Waals surface area contributed by atoms with E-state index in [1.54, 1.807) is 6.07 Å². The first-order valence-electron chi connectivity index (χ1n) is 6.09. The summed E-state index contributed by atoms with van der Waals surface area (Å²) in [5, 5.41) is 0.935. The topological polar surface area (TPSA) is 30.2 Å². The second-order valence-corrected chi connectivity index (χ2v) is 6.60. The van der Waals surface area contributed by atoms with E-state index in [2.05, 4.69) is 38.5 Å². The van der Waals surface area contributed by atoms with Gasteiger partial charge in [0, 0.05) is 15.4 Å². The Kier molecular flexibility index (Phi) is 3.94. The molecule has 0 N–H and O–H groups in total. The number of para-hydroxylation sites is 1. The summed E-state index contributed by atoms with van der Waals surface area (Å²) in [6.45, 7) is 0. The Morgan fingerprint density at radius 2 is 1.90 bits per heavy atom. The van der Waals surface area contributed by atoms with Crippen LogP contribution < -0.4 is 0 Å². The summed E-state index contributed by atoms with van der Waals surface area (Å²) in [6, 6.07) is 15.5. The van der Waals surface area contributed by atoms with Crippen LogP contribution in [0.2, 0.25) is 0 Å². The van der Waals surface area contributed by atoms with Gasteiger partial charge in [-0.3, -0.25) is 4.79 Å². The molecule has 20 heavy (non-hydrogen) atoms. The zero-order chi connectivity index (χ0) is 14.1. The highest BCUT2D eigenvalue weighted by molar-refractivity contribution is 14.1. The first-order chi connectivity index (χ1) is 9.63. The van der Waals surface area contributed by atoms with Gasteiger partial charge in [0.25, 0.3) is 0 Å². The van der Waals surface area contributed by atoms with Crippen LogP contribution in [0.5, 0.6) is 0 Å². The summed E-state index contributed by atoms with van der Waals surface area (Å²) < 4.78 is 7.68. The van der Waals surface area contributed by atoms with Crippen molar-refractivity contribution in [2.24, 2.45) is 0 Å². The van der Waals surface area contributed by atoms with E-state index in [1.165, 1.54) is 0 Å². The number of benzene rings is 2. The van der Waals surface area contributed by atoms with Crippen LogP contribution in [0, 0.1) is 3.57 Å². The Balaban J connectivity index is 1.89. The number of rotatable bonds is 3. The lowest BCUT2D eigenvalue weighted by Gasteiger charge is -1.99. The molecular formula is C16H10BrIO2. The van der Waals surface area contributed by atoms with Crippen LogP contribution in [0.4, 0.5) is 0 Å². The highest BCUT2D eigenvalue weighted by atomic mass is 127. The Morgan fingerprint density at radius 1 is 1.15 bits per heavy atom. The van der Waals surface area contributed by atoms with Crippen LogP contribution in [-0.4, -0.2) is 5.78 Å². The monoisotopic (exact) mass is 440 g/mol. The van der Waals surface area contributed by atoms with Gasteiger partial charge < -0.3 is 4.42 Å². The summed E-state index contributed by atoms with van der Waals surface area (Å²) in [5.74, 6) is 0.403. The number of hydrogen-bond acceptors (Lipinski definition) is 2. The molecule has 0 saturated carbocycles. The Bertz CT molecular complexity index is 775. The second-order valence-electron chi connectivity index (χ2n) is 4.50. The molecule has 3 aromatic rings. The predicted octanol–water partition coefficient (Wildman–Crippen LogP) is 5.23. The van der Waals surface area contributed by atoms with E-state index < -0.39 is 0 Å². The normalized spacial score (nSPS) is 10.9. The zero-order valence-corrected chi connectivity index (χ0v) is 14.1. The minimum absolute atomic E-state index is 0.00527. The smallest absolute Gasteiger partial charge is 0.202 e. The van der Waals surface area contributed by atoms with Crippen molar-refractivity contribution >= 4 is 55.3 Å². The minimum atomic E-state index is -0.00527. The summed E-state index contributed by atoms with van der Waals surface area (Å²) >= 11 is 5.67. The maximum absolute atomic E-state index is 12.3. The molecular weight excluding hydrogens is 431 g/mol. The van der Waals surface area contributed by atoms with Gasteiger partial charge in [-0.05, 0) is 68.3 Å². The van der Waals surface area contributed by atoms with E-state index in [4.69, 9.17) is 4.42 Å². The molecule has 0 radical (unpaired) electrons. The van der Waals surface area contributed by atoms with Crippen LogP contribution in [-0.2, 0) is 6.42 Å². The molecule has 0 aliphatic heterocycles. The third-order valence-corrected chi connectivity index (χ3v) is 4.39. The van der Waals surface area contributed by atoms with Gasteiger partial charge >= 0.3 is 0 Å². The molecule has 2 aromatic carbocycles. The third kappa shape index (κ3) is 2.81. The number of hydrogen-bond donors (Lipinski definition) is 0. The van der Waals surface area contributed by atoms with Gasteiger partial charge in [-0.2, -0.15) is 0 Å². The summed E-state index contributed by atoms with van der Waals surface area (Å²) in [5.41, 5.74) is 1.72. The molecule has 2 nitrogen and oxygen atoms in total. The molecule has 4 heteroatoms. The van der Waals surface area contributed by atoms with Gasteiger partial charge in [0.2, 0.25) is 5.78 Å². The van der Waals surface area contributed by atoms with E-state index in [0.29, 0.717) is 12.2 Å². The maximum Gasteiger partial charge on any atom is 0.202 e. The molecule has 1 heterocycles. The number of halogens is 2. The first kappa shape index (κ1) is 13.8. The van der Waals surface area contributed by atoms with Crippen molar-refractivity contribution in [3.05, 3.63) is 67.9 Å². The average molecular weight is 441 g/mol. The van der Waals surface area contributed by atoms with Crippen LogP contribution in [0.25, 0.3) is 11.0 Å². The van der Waals surface area contributed by atoms with E-state index in [1.807, 2.05) is 42.5 Å². The maximum atomic E-state index is 12.3. The number of carbonyl (C=O) groups excluding carboxylic acids is 1. The largest absolute Gasteiger partial charge is 0.452 e. The average Bonchev–Trinajstić information content (AvgIpc) is 2.87. The van der Waals surface area contributed by atoms with Crippen LogP contribution in [0.3, 0.4) is 0 Å². The fourth-order valence-electron chi connectivity index (χ4n) is 2.04. The van der Waals surface area contributed by atoms with Crippen LogP contribution in [0.15, 0.2) is 57.4 Å². The van der Waals surface area contributed by atoms with E-state index in [-0.39, 0.29) is 5.78 Å². The SMILES string of the molecule is O=C(Cc1ccc(I)cc1)c1cc2cccc(Br)c2o1. The second kappa shape index (κ2) is 5.69. The van der Waals surface area contributed by atoms with Crippen molar-refractivity contribution in [2.75, 3.05) is 0 Å². The molecule has 3 rings (SSSR count). The molecule has 0 aliphatic carbocycles. The number of Topliss-reactive ketones (excluding diaryl/α,β-unsaturated/α-hetero) is 1. The Morgan fingerprint density at radius 3 is 2.60 bits per heavy atom. The van der Waals surface area contributed by atoms with Crippen LogP contribution >= 0.6 is 38.5 Å². The number of carbonyl (C=O) groups is 1. The fraction of sp³-hybridized carbons (Fsp3) is 0.0625. The fourth-order valence-corrected chi connectivity index (χ4v) is 2.86. The molecule has 0 atom stereocenters. The van der Waals surface area contributed by atoms with E-state index in [9.17, 15) is 4.79 Å². The molecule has 100 valence electrons. The molecule has 0 saturated heterocycles. The van der Waals surface area contributed by atoms with Gasteiger partial charge in [-0.25, -0.2) is 0 Å². The molecule has 0 aliphatic rings. The molecule has 1 aromatic heterocycles. The summed E-state index contributed by atoms with van der Waals surface area (Å²) in [7, 11) is 0. The lowest BCUT2D eigenvalue weighted by atomic mass is 10.1.